The molecular formula is C19H35IN4O2. The van der Waals surface area contributed by atoms with Gasteiger partial charge in [0.25, 0.3) is 0 Å². The molecule has 0 bridgehead atoms. The Morgan fingerprint density at radius 1 is 1.04 bits per heavy atom. The van der Waals surface area contributed by atoms with E-state index in [1.165, 1.54) is 32.4 Å². The van der Waals surface area contributed by atoms with E-state index in [0.717, 1.165) is 70.2 Å². The van der Waals surface area contributed by atoms with Crippen LogP contribution in [-0.4, -0.2) is 86.5 Å². The lowest BCUT2D eigenvalue weighted by Crippen LogP contribution is -2.53. The van der Waals surface area contributed by atoms with Crippen LogP contribution >= 0.6 is 24.0 Å². The van der Waals surface area contributed by atoms with Gasteiger partial charge in [-0.15, -0.1) is 24.0 Å². The number of aliphatic imine (C=N–C) groups is 1. The number of likely N-dealkylation sites (tertiary alicyclic amines) is 1. The maximum absolute atomic E-state index is 5.99. The van der Waals surface area contributed by atoms with Crippen LogP contribution in [0.2, 0.25) is 0 Å². The maximum atomic E-state index is 5.99. The second kappa shape index (κ2) is 9.89. The second-order valence-electron chi connectivity index (χ2n) is 7.98. The third kappa shape index (κ3) is 5.23. The van der Waals surface area contributed by atoms with Crippen molar-refractivity contribution in [2.45, 2.75) is 57.3 Å². The number of ether oxygens (including phenoxy) is 2. The number of hydrogen-bond acceptors (Lipinski definition) is 4. The summed E-state index contributed by atoms with van der Waals surface area (Å²) in [6.07, 6.45) is 6.89. The van der Waals surface area contributed by atoms with Gasteiger partial charge in [-0.3, -0.25) is 4.99 Å². The van der Waals surface area contributed by atoms with E-state index in [0.29, 0.717) is 0 Å². The molecule has 0 amide bonds. The van der Waals surface area contributed by atoms with Crippen LogP contribution in [0.15, 0.2) is 4.99 Å². The van der Waals surface area contributed by atoms with E-state index in [4.69, 9.17) is 14.5 Å². The standard InChI is InChI=1S/C19H34N4O2.HI/c1-2-20-19(21-12-15-7-8-22(13-15)16-5-6-16)23-9-11-25-18(14-23)17-4-3-10-24-17;/h15-18H,2-14H2,1H3,(H,20,21);1H. The molecule has 7 heteroatoms. The van der Waals surface area contributed by atoms with Gasteiger partial charge in [-0.1, -0.05) is 0 Å². The molecule has 3 unspecified atom stereocenters. The van der Waals surface area contributed by atoms with Crippen LogP contribution in [0.5, 0.6) is 0 Å². The van der Waals surface area contributed by atoms with Gasteiger partial charge in [0.15, 0.2) is 5.96 Å². The fraction of sp³-hybridized carbons (Fsp3) is 0.947. The molecule has 3 aliphatic heterocycles. The topological polar surface area (TPSA) is 49.3 Å². The minimum atomic E-state index is 0. The SMILES string of the molecule is CCNC(=NCC1CCN(C2CC2)C1)N1CCOC(C2CCCO2)C1.I. The van der Waals surface area contributed by atoms with E-state index in [1.54, 1.807) is 0 Å². The molecule has 0 spiro atoms. The Morgan fingerprint density at radius 2 is 1.88 bits per heavy atom. The van der Waals surface area contributed by atoms with Gasteiger partial charge in [0.05, 0.1) is 12.7 Å². The molecule has 3 heterocycles. The van der Waals surface area contributed by atoms with Crippen LogP contribution < -0.4 is 5.32 Å². The molecule has 6 nitrogen and oxygen atoms in total. The molecule has 4 aliphatic rings. The van der Waals surface area contributed by atoms with Crippen molar-refractivity contribution in [2.75, 3.05) is 52.5 Å². The van der Waals surface area contributed by atoms with Crippen molar-refractivity contribution in [3.63, 3.8) is 0 Å². The van der Waals surface area contributed by atoms with Crippen molar-refractivity contribution >= 4 is 29.9 Å². The molecular weight excluding hydrogens is 443 g/mol. The van der Waals surface area contributed by atoms with E-state index >= 15 is 0 Å². The Morgan fingerprint density at radius 3 is 2.62 bits per heavy atom. The van der Waals surface area contributed by atoms with Gasteiger partial charge < -0.3 is 24.6 Å². The molecule has 1 saturated carbocycles. The van der Waals surface area contributed by atoms with Crippen molar-refractivity contribution < 1.29 is 9.47 Å². The highest BCUT2D eigenvalue weighted by atomic mass is 127. The number of nitrogens with one attached hydrogen (secondary N) is 1. The van der Waals surface area contributed by atoms with Crippen LogP contribution in [0.4, 0.5) is 0 Å². The number of nitrogens with zero attached hydrogens (tertiary/aromatic N) is 3. The summed E-state index contributed by atoms with van der Waals surface area (Å²) in [6.45, 7) is 10.0. The lowest BCUT2D eigenvalue weighted by atomic mass is 10.1. The van der Waals surface area contributed by atoms with Crippen molar-refractivity contribution in [3.05, 3.63) is 0 Å². The number of guanidine groups is 1. The summed E-state index contributed by atoms with van der Waals surface area (Å²) in [6, 6.07) is 0.897. The maximum Gasteiger partial charge on any atom is 0.194 e. The first-order valence-corrected chi connectivity index (χ1v) is 10.3. The summed E-state index contributed by atoms with van der Waals surface area (Å²) in [5.41, 5.74) is 0. The molecule has 4 rings (SSSR count). The van der Waals surface area contributed by atoms with E-state index in [-0.39, 0.29) is 36.2 Å². The van der Waals surface area contributed by atoms with E-state index < -0.39 is 0 Å². The highest BCUT2D eigenvalue weighted by Gasteiger charge is 2.35. The van der Waals surface area contributed by atoms with Crippen molar-refractivity contribution in [2.24, 2.45) is 10.9 Å². The zero-order valence-corrected chi connectivity index (χ0v) is 18.4. The first-order chi connectivity index (χ1) is 12.3. The average molecular weight is 478 g/mol. The van der Waals surface area contributed by atoms with Crippen molar-refractivity contribution in [1.82, 2.24) is 15.1 Å². The van der Waals surface area contributed by atoms with Crippen LogP contribution in [0.3, 0.4) is 0 Å². The lowest BCUT2D eigenvalue weighted by molar-refractivity contribution is -0.0817. The zero-order chi connectivity index (χ0) is 17.1. The van der Waals surface area contributed by atoms with Crippen LogP contribution in [0, 0.1) is 5.92 Å². The molecule has 0 aromatic carbocycles. The molecule has 1 aliphatic carbocycles. The summed E-state index contributed by atoms with van der Waals surface area (Å²) >= 11 is 0. The molecule has 3 atom stereocenters. The number of halogens is 1. The second-order valence-corrected chi connectivity index (χ2v) is 7.98. The van der Waals surface area contributed by atoms with Crippen LogP contribution in [-0.2, 0) is 9.47 Å². The summed E-state index contributed by atoms with van der Waals surface area (Å²) in [5.74, 6) is 1.79. The summed E-state index contributed by atoms with van der Waals surface area (Å²) in [5, 5.41) is 3.50. The molecule has 0 radical (unpaired) electrons. The van der Waals surface area contributed by atoms with Crippen molar-refractivity contribution in [1.29, 1.82) is 0 Å². The van der Waals surface area contributed by atoms with Gasteiger partial charge >= 0.3 is 0 Å². The Kier molecular flexibility index (Phi) is 7.84. The van der Waals surface area contributed by atoms with Crippen molar-refractivity contribution in [3.8, 4) is 0 Å². The molecule has 26 heavy (non-hydrogen) atoms. The fourth-order valence-electron chi connectivity index (χ4n) is 4.41. The molecule has 4 fully saturated rings. The average Bonchev–Trinajstić information content (AvgIpc) is 3.15. The van der Waals surface area contributed by atoms with E-state index in [9.17, 15) is 0 Å². The number of hydrogen-bond donors (Lipinski definition) is 1. The zero-order valence-electron chi connectivity index (χ0n) is 16.1. The molecule has 0 aromatic rings. The van der Waals surface area contributed by atoms with Crippen LogP contribution in [0.1, 0.15) is 39.0 Å². The predicted molar refractivity (Wildman–Crippen MR) is 114 cm³/mol. The molecule has 0 aromatic heterocycles. The van der Waals surface area contributed by atoms with Gasteiger partial charge in [0.1, 0.15) is 6.10 Å². The first-order valence-electron chi connectivity index (χ1n) is 10.3. The number of rotatable bonds is 5. The van der Waals surface area contributed by atoms with E-state index in [1.807, 2.05) is 0 Å². The molecule has 1 N–H and O–H groups in total. The lowest BCUT2D eigenvalue weighted by Gasteiger charge is -2.37. The van der Waals surface area contributed by atoms with Gasteiger partial charge in [-0.25, -0.2) is 0 Å². The first kappa shape index (κ1) is 20.6. The third-order valence-corrected chi connectivity index (χ3v) is 5.99. The van der Waals surface area contributed by atoms with Gasteiger partial charge in [-0.05, 0) is 51.5 Å². The fourth-order valence-corrected chi connectivity index (χ4v) is 4.41. The Bertz CT molecular complexity index is 468. The summed E-state index contributed by atoms with van der Waals surface area (Å²) < 4.78 is 11.8. The third-order valence-electron chi connectivity index (χ3n) is 5.99. The summed E-state index contributed by atoms with van der Waals surface area (Å²) in [4.78, 5) is 10.1. The minimum Gasteiger partial charge on any atom is -0.375 e. The molecule has 150 valence electrons. The Labute approximate surface area is 175 Å². The Balaban J connectivity index is 0.00000196. The highest BCUT2D eigenvalue weighted by molar-refractivity contribution is 14.0. The van der Waals surface area contributed by atoms with Crippen LogP contribution in [0.25, 0.3) is 0 Å². The predicted octanol–water partition coefficient (Wildman–Crippen LogP) is 1.93. The highest BCUT2D eigenvalue weighted by Crippen LogP contribution is 2.31. The summed E-state index contributed by atoms with van der Waals surface area (Å²) in [7, 11) is 0. The normalized spacial score (nSPS) is 33.3. The quantitative estimate of drug-likeness (QED) is 0.372. The monoisotopic (exact) mass is 478 g/mol. The Hall–Kier alpha value is -0.120. The minimum absolute atomic E-state index is 0. The smallest absolute Gasteiger partial charge is 0.194 e. The van der Waals surface area contributed by atoms with Gasteiger partial charge in [-0.2, -0.15) is 0 Å². The number of morpholine rings is 1. The van der Waals surface area contributed by atoms with Gasteiger partial charge in [0, 0.05) is 45.4 Å². The largest absolute Gasteiger partial charge is 0.375 e. The van der Waals surface area contributed by atoms with Gasteiger partial charge in [0.2, 0.25) is 0 Å². The van der Waals surface area contributed by atoms with E-state index in [2.05, 4.69) is 22.0 Å². The molecule has 3 saturated heterocycles.